The van der Waals surface area contributed by atoms with E-state index in [0.29, 0.717) is 11.4 Å². The Balaban J connectivity index is 0.000000960. The van der Waals surface area contributed by atoms with Gasteiger partial charge in [0.15, 0.2) is 0 Å². The van der Waals surface area contributed by atoms with E-state index < -0.39 is 11.7 Å². The van der Waals surface area contributed by atoms with Crippen molar-refractivity contribution in [3.8, 4) is 11.4 Å². The van der Waals surface area contributed by atoms with Gasteiger partial charge in [-0.25, -0.2) is 4.98 Å². The topological polar surface area (TPSA) is 17.8 Å². The molecule has 0 unspecified atom stereocenters. The smallest absolute Gasteiger partial charge is 0.300 e. The van der Waals surface area contributed by atoms with Gasteiger partial charge in [-0.15, -0.1) is 0 Å². The zero-order valence-corrected chi connectivity index (χ0v) is 18.1. The van der Waals surface area contributed by atoms with Gasteiger partial charge in [0.25, 0.3) is 0 Å². The van der Waals surface area contributed by atoms with E-state index in [0.717, 1.165) is 11.5 Å². The second-order valence-corrected chi connectivity index (χ2v) is 7.66. The van der Waals surface area contributed by atoms with Gasteiger partial charge in [0, 0.05) is 18.0 Å². The maximum absolute atomic E-state index is 13.7. The van der Waals surface area contributed by atoms with E-state index in [2.05, 4.69) is 32.3 Å². The van der Waals surface area contributed by atoms with Crippen LogP contribution in [0, 0.1) is 11.8 Å². The maximum Gasteiger partial charge on any atom is 0.418 e. The number of aromatic nitrogens is 2. The van der Waals surface area contributed by atoms with Crippen LogP contribution in [-0.2, 0) is 0 Å². The van der Waals surface area contributed by atoms with Crippen molar-refractivity contribution in [2.24, 2.45) is 11.8 Å². The zero-order valence-electron chi connectivity index (χ0n) is 18.1. The highest BCUT2D eigenvalue weighted by Gasteiger charge is 2.36. The third-order valence-corrected chi connectivity index (χ3v) is 3.89. The summed E-state index contributed by atoms with van der Waals surface area (Å²) in [7, 11) is 0. The normalized spacial score (nSPS) is 12.8. The van der Waals surface area contributed by atoms with Crippen molar-refractivity contribution >= 4 is 5.70 Å². The van der Waals surface area contributed by atoms with Crippen molar-refractivity contribution in [2.45, 2.75) is 47.7 Å². The van der Waals surface area contributed by atoms with Crippen molar-refractivity contribution in [1.82, 2.24) is 9.55 Å². The van der Waals surface area contributed by atoms with Crippen LogP contribution in [0.5, 0.6) is 0 Å². The monoisotopic (exact) mass is 404 g/mol. The molecule has 0 saturated carbocycles. The average molecular weight is 405 g/mol. The molecule has 0 amide bonds. The summed E-state index contributed by atoms with van der Waals surface area (Å²) in [6.45, 7) is 15.6. The molecule has 0 saturated heterocycles. The summed E-state index contributed by atoms with van der Waals surface area (Å²) in [6, 6.07) is 9.07. The molecular formula is C24H31F3N2. The summed E-state index contributed by atoms with van der Waals surface area (Å²) < 4.78 is 42.4. The first-order chi connectivity index (χ1) is 13.5. The third kappa shape index (κ3) is 7.41. The van der Waals surface area contributed by atoms with Crippen molar-refractivity contribution in [1.29, 1.82) is 0 Å². The fraction of sp³-hybridized carbons (Fsp3) is 0.375. The minimum absolute atomic E-state index is 0.0217. The predicted molar refractivity (Wildman–Crippen MR) is 116 cm³/mol. The van der Waals surface area contributed by atoms with Crippen molar-refractivity contribution < 1.29 is 13.2 Å². The molecule has 29 heavy (non-hydrogen) atoms. The lowest BCUT2D eigenvalue weighted by atomic mass is 9.99. The molecule has 2 nitrogen and oxygen atoms in total. The van der Waals surface area contributed by atoms with Crippen molar-refractivity contribution in [2.75, 3.05) is 0 Å². The average Bonchev–Trinajstić information content (AvgIpc) is 3.10. The van der Waals surface area contributed by atoms with Crippen LogP contribution in [0.25, 0.3) is 17.1 Å². The lowest BCUT2D eigenvalue weighted by Crippen LogP contribution is -2.17. The van der Waals surface area contributed by atoms with Crippen LogP contribution in [0.3, 0.4) is 0 Å². The largest absolute Gasteiger partial charge is 0.418 e. The van der Waals surface area contributed by atoms with E-state index in [1.54, 1.807) is 25.1 Å². The van der Waals surface area contributed by atoms with Crippen molar-refractivity contribution in [3.05, 3.63) is 72.6 Å². The van der Waals surface area contributed by atoms with Gasteiger partial charge in [-0.1, -0.05) is 77.6 Å². The molecular weight excluding hydrogens is 373 g/mol. The van der Waals surface area contributed by atoms with Crippen LogP contribution in [0.2, 0.25) is 0 Å². The standard InChI is InChI=1S/C20H21F3N2.C4H10/c1-5-16(14(2)3)13-18(20(21,22)23)15(4)25-12-11-24-19(25)17-9-7-6-8-10-17;1-4(2)3/h5-14H,4H2,1-3H3;4H,1-3H3/b16-5+,18-13+;. The fourth-order valence-corrected chi connectivity index (χ4v) is 2.53. The Bertz CT molecular complexity index is 836. The van der Waals surface area contributed by atoms with Crippen LogP contribution in [0.4, 0.5) is 13.2 Å². The number of hydrogen-bond acceptors (Lipinski definition) is 1. The molecule has 0 atom stereocenters. The number of nitrogens with zero attached hydrogens (tertiary/aromatic N) is 2. The maximum atomic E-state index is 13.7. The van der Waals surface area contributed by atoms with E-state index in [4.69, 9.17) is 0 Å². The van der Waals surface area contributed by atoms with E-state index in [9.17, 15) is 13.2 Å². The summed E-state index contributed by atoms with van der Waals surface area (Å²) in [4.78, 5) is 4.20. The molecule has 2 rings (SSSR count). The Kier molecular flexibility index (Phi) is 9.15. The van der Waals surface area contributed by atoms with Gasteiger partial charge < -0.3 is 0 Å². The number of alkyl halides is 3. The minimum atomic E-state index is -4.52. The Morgan fingerprint density at radius 3 is 2.07 bits per heavy atom. The lowest BCUT2D eigenvalue weighted by molar-refractivity contribution is -0.0875. The molecule has 0 fully saturated rings. The number of allylic oxidation sites excluding steroid dienone is 5. The molecule has 0 aliphatic carbocycles. The molecule has 1 aromatic carbocycles. The number of rotatable bonds is 5. The summed E-state index contributed by atoms with van der Waals surface area (Å²) in [5.74, 6) is 1.24. The molecule has 158 valence electrons. The molecule has 0 spiro atoms. The van der Waals surface area contributed by atoms with Crippen molar-refractivity contribution in [3.63, 3.8) is 0 Å². The van der Waals surface area contributed by atoms with Gasteiger partial charge in [-0.2, -0.15) is 13.2 Å². The first-order valence-electron chi connectivity index (χ1n) is 9.72. The van der Waals surface area contributed by atoms with Crippen LogP contribution in [-0.4, -0.2) is 15.7 Å². The highest BCUT2D eigenvalue weighted by atomic mass is 19.4. The summed E-state index contributed by atoms with van der Waals surface area (Å²) >= 11 is 0. The number of halogens is 3. The number of benzene rings is 1. The minimum Gasteiger partial charge on any atom is -0.300 e. The third-order valence-electron chi connectivity index (χ3n) is 3.89. The predicted octanol–water partition coefficient (Wildman–Crippen LogP) is 7.77. The zero-order chi connectivity index (χ0) is 22.2. The van der Waals surface area contributed by atoms with Gasteiger partial charge in [-0.3, -0.25) is 4.57 Å². The number of imidazole rings is 1. The Labute approximate surface area is 172 Å². The SMILES string of the molecule is C=C(/C(=C\C(=C/C)C(C)C)C(F)(F)F)n1ccnc1-c1ccccc1.CC(C)C. The van der Waals surface area contributed by atoms with E-state index in [1.807, 2.05) is 32.0 Å². The lowest BCUT2D eigenvalue weighted by Gasteiger charge is -2.19. The summed E-state index contributed by atoms with van der Waals surface area (Å²) in [6.07, 6.45) is 1.31. The second-order valence-electron chi connectivity index (χ2n) is 7.66. The fourth-order valence-electron chi connectivity index (χ4n) is 2.53. The molecule has 2 aromatic rings. The highest BCUT2D eigenvalue weighted by Crippen LogP contribution is 2.36. The molecule has 5 heteroatoms. The molecule has 0 radical (unpaired) electrons. The molecule has 1 heterocycles. The first kappa shape index (κ1) is 24.5. The van der Waals surface area contributed by atoms with Gasteiger partial charge in [0.1, 0.15) is 5.82 Å². The van der Waals surface area contributed by atoms with Gasteiger partial charge in [0.2, 0.25) is 0 Å². The van der Waals surface area contributed by atoms with E-state index >= 15 is 0 Å². The van der Waals surface area contributed by atoms with Gasteiger partial charge in [0.05, 0.1) is 11.3 Å². The number of hydrogen-bond donors (Lipinski definition) is 0. The van der Waals surface area contributed by atoms with Crippen LogP contribution >= 0.6 is 0 Å². The van der Waals surface area contributed by atoms with Crippen LogP contribution < -0.4 is 0 Å². The Hall–Kier alpha value is -2.56. The molecule has 0 aliphatic heterocycles. The van der Waals surface area contributed by atoms with E-state index in [1.165, 1.54) is 23.0 Å². The van der Waals surface area contributed by atoms with Gasteiger partial charge in [-0.05, 0) is 30.4 Å². The summed E-state index contributed by atoms with van der Waals surface area (Å²) in [5.41, 5.74) is 0.411. The van der Waals surface area contributed by atoms with E-state index in [-0.39, 0.29) is 11.6 Å². The van der Waals surface area contributed by atoms with Crippen LogP contribution in [0.1, 0.15) is 41.5 Å². The molecule has 0 N–H and O–H groups in total. The second kappa shape index (κ2) is 10.8. The molecule has 1 aromatic heterocycles. The summed E-state index contributed by atoms with van der Waals surface area (Å²) in [5, 5.41) is 0. The first-order valence-corrected chi connectivity index (χ1v) is 9.72. The Morgan fingerprint density at radius 2 is 1.62 bits per heavy atom. The quantitative estimate of drug-likeness (QED) is 0.465. The van der Waals surface area contributed by atoms with Gasteiger partial charge >= 0.3 is 6.18 Å². The Morgan fingerprint density at radius 1 is 1.07 bits per heavy atom. The van der Waals surface area contributed by atoms with Crippen LogP contribution in [0.15, 0.2) is 72.6 Å². The molecule has 0 bridgehead atoms. The molecule has 0 aliphatic rings. The highest BCUT2D eigenvalue weighted by molar-refractivity contribution is 5.71.